The van der Waals surface area contributed by atoms with E-state index in [9.17, 15) is 14.0 Å². The molecule has 0 spiro atoms. The van der Waals surface area contributed by atoms with Crippen LogP contribution in [0.25, 0.3) is 11.4 Å². The lowest BCUT2D eigenvalue weighted by Gasteiger charge is -2.07. The second-order valence-electron chi connectivity index (χ2n) is 6.68. The van der Waals surface area contributed by atoms with Crippen molar-refractivity contribution in [3.63, 3.8) is 0 Å². The standard InChI is InChI=1S/C22H18FN3O2S/c1-15-2-10-21(29-15)20(27)9-4-17-13-25(14-24-17)18-5-7-19(8-6-18)26-12-16(23)3-11-22(26)28/h2-3,5-8,10-14H,4,9H2,1H3. The highest BCUT2D eigenvalue weighted by Gasteiger charge is 2.10. The van der Waals surface area contributed by atoms with Gasteiger partial charge in [0.05, 0.1) is 16.9 Å². The number of ketones is 1. The van der Waals surface area contributed by atoms with Gasteiger partial charge in [-0.05, 0) is 55.8 Å². The van der Waals surface area contributed by atoms with Crippen molar-refractivity contribution in [2.75, 3.05) is 0 Å². The molecule has 0 saturated carbocycles. The monoisotopic (exact) mass is 407 g/mol. The lowest BCUT2D eigenvalue weighted by atomic mass is 10.1. The van der Waals surface area contributed by atoms with Gasteiger partial charge in [-0.15, -0.1) is 11.3 Å². The first kappa shape index (κ1) is 19.0. The smallest absolute Gasteiger partial charge is 0.255 e. The molecule has 0 amide bonds. The zero-order chi connectivity index (χ0) is 20.4. The van der Waals surface area contributed by atoms with Crippen LogP contribution in [0.4, 0.5) is 4.39 Å². The molecule has 7 heteroatoms. The van der Waals surface area contributed by atoms with Gasteiger partial charge in [-0.1, -0.05) is 0 Å². The molecule has 4 rings (SSSR count). The average Bonchev–Trinajstić information content (AvgIpc) is 3.37. The number of pyridine rings is 1. The van der Waals surface area contributed by atoms with Gasteiger partial charge in [-0.25, -0.2) is 9.37 Å². The van der Waals surface area contributed by atoms with Crippen LogP contribution in [0.5, 0.6) is 0 Å². The molecule has 4 aromatic rings. The van der Waals surface area contributed by atoms with Crippen LogP contribution in [-0.4, -0.2) is 19.9 Å². The number of Topliss-reactive ketones (excluding diaryl/α,β-unsaturated/α-hetero) is 1. The maximum atomic E-state index is 13.4. The number of nitrogens with zero attached hydrogens (tertiary/aromatic N) is 3. The molecule has 0 radical (unpaired) electrons. The van der Waals surface area contributed by atoms with Gasteiger partial charge in [0.25, 0.3) is 5.56 Å². The Bertz CT molecular complexity index is 1220. The van der Waals surface area contributed by atoms with Gasteiger partial charge < -0.3 is 4.57 Å². The first-order valence-electron chi connectivity index (χ1n) is 9.11. The van der Waals surface area contributed by atoms with Crippen molar-refractivity contribution < 1.29 is 9.18 Å². The molecule has 0 aliphatic rings. The number of hydrogen-bond acceptors (Lipinski definition) is 4. The lowest BCUT2D eigenvalue weighted by Crippen LogP contribution is -2.16. The Morgan fingerprint density at radius 2 is 1.79 bits per heavy atom. The largest absolute Gasteiger partial charge is 0.306 e. The molecule has 29 heavy (non-hydrogen) atoms. The zero-order valence-corrected chi connectivity index (χ0v) is 16.5. The van der Waals surface area contributed by atoms with Gasteiger partial charge in [-0.2, -0.15) is 0 Å². The highest BCUT2D eigenvalue weighted by Crippen LogP contribution is 2.18. The summed E-state index contributed by atoms with van der Waals surface area (Å²) in [5.41, 5.74) is 1.97. The quantitative estimate of drug-likeness (QED) is 0.447. The summed E-state index contributed by atoms with van der Waals surface area (Å²) in [7, 11) is 0. The fourth-order valence-corrected chi connectivity index (χ4v) is 3.87. The Morgan fingerprint density at radius 3 is 2.52 bits per heavy atom. The highest BCUT2D eigenvalue weighted by atomic mass is 32.1. The van der Waals surface area contributed by atoms with E-state index in [0.29, 0.717) is 18.5 Å². The molecular formula is C22H18FN3O2S. The minimum Gasteiger partial charge on any atom is -0.306 e. The number of thiophene rings is 1. The van der Waals surface area contributed by atoms with Crippen molar-refractivity contribution in [3.05, 3.63) is 98.9 Å². The average molecular weight is 407 g/mol. The van der Waals surface area contributed by atoms with E-state index in [1.807, 2.05) is 42.0 Å². The van der Waals surface area contributed by atoms with E-state index in [2.05, 4.69) is 4.98 Å². The number of imidazole rings is 1. The molecule has 0 unspecified atom stereocenters. The maximum Gasteiger partial charge on any atom is 0.255 e. The predicted molar refractivity (Wildman–Crippen MR) is 111 cm³/mol. The summed E-state index contributed by atoms with van der Waals surface area (Å²) < 4.78 is 16.5. The fourth-order valence-electron chi connectivity index (χ4n) is 3.03. The fraction of sp³-hybridized carbons (Fsp3) is 0.136. The number of carbonyl (C=O) groups excluding carboxylic acids is 1. The molecule has 0 bridgehead atoms. The van der Waals surface area contributed by atoms with E-state index in [1.54, 1.807) is 18.5 Å². The minimum absolute atomic E-state index is 0.127. The second-order valence-corrected chi connectivity index (χ2v) is 7.97. The van der Waals surface area contributed by atoms with Gasteiger partial charge in [0.1, 0.15) is 5.82 Å². The van der Waals surface area contributed by atoms with E-state index >= 15 is 0 Å². The molecule has 5 nitrogen and oxygen atoms in total. The molecule has 0 N–H and O–H groups in total. The molecule has 146 valence electrons. The van der Waals surface area contributed by atoms with Crippen LogP contribution in [0, 0.1) is 12.7 Å². The van der Waals surface area contributed by atoms with Crippen molar-refractivity contribution in [1.82, 2.24) is 14.1 Å². The maximum absolute atomic E-state index is 13.4. The van der Waals surface area contributed by atoms with Crippen LogP contribution < -0.4 is 5.56 Å². The molecule has 0 atom stereocenters. The lowest BCUT2D eigenvalue weighted by molar-refractivity contribution is 0.0986. The van der Waals surface area contributed by atoms with Crippen molar-refractivity contribution in [3.8, 4) is 11.4 Å². The Balaban J connectivity index is 1.46. The van der Waals surface area contributed by atoms with E-state index in [1.165, 1.54) is 28.2 Å². The summed E-state index contributed by atoms with van der Waals surface area (Å²) in [4.78, 5) is 30.5. The van der Waals surface area contributed by atoms with E-state index in [-0.39, 0.29) is 11.3 Å². The topological polar surface area (TPSA) is 56.9 Å². The molecule has 3 aromatic heterocycles. The number of carbonyl (C=O) groups is 1. The number of rotatable bonds is 6. The summed E-state index contributed by atoms with van der Waals surface area (Å²) in [6.45, 7) is 1.99. The Labute approximate surface area is 170 Å². The molecule has 0 fully saturated rings. The van der Waals surface area contributed by atoms with Crippen LogP contribution in [0.1, 0.15) is 26.7 Å². The molecule has 0 aliphatic heterocycles. The molecular weight excluding hydrogens is 389 g/mol. The summed E-state index contributed by atoms with van der Waals surface area (Å²) in [5.74, 6) is -0.345. The van der Waals surface area contributed by atoms with E-state index < -0.39 is 5.82 Å². The zero-order valence-electron chi connectivity index (χ0n) is 15.7. The van der Waals surface area contributed by atoms with Crippen LogP contribution in [0.2, 0.25) is 0 Å². The van der Waals surface area contributed by atoms with E-state index in [0.717, 1.165) is 27.2 Å². The van der Waals surface area contributed by atoms with Crippen molar-refractivity contribution in [2.24, 2.45) is 0 Å². The molecule has 0 aliphatic carbocycles. The minimum atomic E-state index is -0.472. The molecule has 1 aromatic carbocycles. The van der Waals surface area contributed by atoms with Crippen LogP contribution in [0.15, 0.2) is 72.0 Å². The molecule has 0 saturated heterocycles. The van der Waals surface area contributed by atoms with Gasteiger partial charge in [-0.3, -0.25) is 14.2 Å². The first-order chi connectivity index (χ1) is 14.0. The highest BCUT2D eigenvalue weighted by molar-refractivity contribution is 7.14. The van der Waals surface area contributed by atoms with Gasteiger partial charge >= 0.3 is 0 Å². The summed E-state index contributed by atoms with van der Waals surface area (Å²) >= 11 is 1.51. The van der Waals surface area contributed by atoms with Crippen molar-refractivity contribution in [2.45, 2.75) is 19.8 Å². The predicted octanol–water partition coefficient (Wildman–Crippen LogP) is 4.35. The SMILES string of the molecule is Cc1ccc(C(=O)CCc2cn(-c3ccc(-n4cc(F)ccc4=O)cc3)cn2)s1. The van der Waals surface area contributed by atoms with Crippen LogP contribution >= 0.6 is 11.3 Å². The number of aryl methyl sites for hydroxylation is 2. The van der Waals surface area contributed by atoms with Gasteiger partial charge in [0.15, 0.2) is 5.78 Å². The van der Waals surface area contributed by atoms with Crippen LogP contribution in [0.3, 0.4) is 0 Å². The third-order valence-corrected chi connectivity index (χ3v) is 5.60. The van der Waals surface area contributed by atoms with Crippen molar-refractivity contribution in [1.29, 1.82) is 0 Å². The number of hydrogen-bond donors (Lipinski definition) is 0. The number of halogens is 1. The summed E-state index contributed by atoms with van der Waals surface area (Å²) in [6, 6.07) is 13.3. The van der Waals surface area contributed by atoms with E-state index in [4.69, 9.17) is 0 Å². The second kappa shape index (κ2) is 7.97. The molecule has 3 heterocycles. The Hall–Kier alpha value is -3.32. The van der Waals surface area contributed by atoms with Crippen molar-refractivity contribution >= 4 is 17.1 Å². The van der Waals surface area contributed by atoms with Gasteiger partial charge in [0, 0.05) is 41.1 Å². The Kier molecular flexibility index (Phi) is 5.22. The third kappa shape index (κ3) is 4.25. The first-order valence-corrected chi connectivity index (χ1v) is 9.93. The third-order valence-electron chi connectivity index (χ3n) is 4.56. The summed E-state index contributed by atoms with van der Waals surface area (Å²) in [6.07, 6.45) is 5.73. The van der Waals surface area contributed by atoms with Crippen LogP contribution in [-0.2, 0) is 6.42 Å². The Morgan fingerprint density at radius 1 is 1.03 bits per heavy atom. The number of benzene rings is 1. The number of aromatic nitrogens is 3. The normalized spacial score (nSPS) is 11.0. The van der Waals surface area contributed by atoms with Gasteiger partial charge in [0.2, 0.25) is 0 Å². The summed E-state index contributed by atoms with van der Waals surface area (Å²) in [5, 5.41) is 0.